The van der Waals surface area contributed by atoms with Crippen molar-refractivity contribution in [2.75, 3.05) is 0 Å². The first-order valence-corrected chi connectivity index (χ1v) is 7.64. The molecule has 0 atom stereocenters. The lowest BCUT2D eigenvalue weighted by atomic mass is 10.2. The molecule has 2 aromatic carbocycles. The maximum Gasteiger partial charge on any atom is 0.269 e. The third-order valence-electron chi connectivity index (χ3n) is 2.80. The van der Waals surface area contributed by atoms with Crippen molar-refractivity contribution in [1.29, 1.82) is 0 Å². The van der Waals surface area contributed by atoms with Gasteiger partial charge in [0.1, 0.15) is 12.4 Å². The van der Waals surface area contributed by atoms with Crippen molar-refractivity contribution in [3.05, 3.63) is 66.6 Å². The third-order valence-corrected chi connectivity index (χ3v) is 3.98. The molecule has 2 aromatic rings. The molecule has 2 N–H and O–H groups in total. The number of non-ortho nitro benzene ring substituents is 1. The minimum Gasteiger partial charge on any atom is -0.487 e. The van der Waals surface area contributed by atoms with E-state index in [9.17, 15) is 10.1 Å². The van der Waals surface area contributed by atoms with E-state index in [-0.39, 0.29) is 12.3 Å². The first-order chi connectivity index (χ1) is 10.0. The van der Waals surface area contributed by atoms with Crippen LogP contribution in [0, 0.1) is 10.1 Å². The topological polar surface area (TPSA) is 78.4 Å². The molecule has 0 spiro atoms. The summed E-state index contributed by atoms with van der Waals surface area (Å²) in [6.07, 6.45) is 0. The van der Waals surface area contributed by atoms with Crippen molar-refractivity contribution < 1.29 is 9.66 Å². The van der Waals surface area contributed by atoms with Crippen LogP contribution in [-0.4, -0.2) is 4.92 Å². The number of hydrogen-bond donors (Lipinski definition) is 1. The molecule has 5 nitrogen and oxygen atoms in total. The Morgan fingerprint density at radius 1 is 1.14 bits per heavy atom. The molecule has 0 saturated heterocycles. The fraction of sp³-hybridized carbons (Fsp3) is 0.143. The third kappa shape index (κ3) is 4.03. The van der Waals surface area contributed by atoms with Crippen molar-refractivity contribution in [3.8, 4) is 5.75 Å². The minimum atomic E-state index is -0.425. The quantitative estimate of drug-likeness (QED) is 0.587. The summed E-state index contributed by atoms with van der Waals surface area (Å²) >= 11 is 6.86. The summed E-state index contributed by atoms with van der Waals surface area (Å²) in [5, 5.41) is 10.7. The highest BCUT2D eigenvalue weighted by atomic mass is 79.9. The lowest BCUT2D eigenvalue weighted by Gasteiger charge is -2.12. The first kappa shape index (κ1) is 15.9. The molecule has 0 saturated carbocycles. The van der Waals surface area contributed by atoms with E-state index in [0.29, 0.717) is 12.3 Å². The molecule has 0 amide bonds. The summed E-state index contributed by atoms with van der Waals surface area (Å²) in [7, 11) is 0. The fourth-order valence-corrected chi connectivity index (χ4v) is 3.29. The van der Waals surface area contributed by atoms with Crippen molar-refractivity contribution in [1.82, 2.24) is 0 Å². The van der Waals surface area contributed by atoms with E-state index < -0.39 is 4.92 Å². The second-order valence-electron chi connectivity index (χ2n) is 4.31. The minimum absolute atomic E-state index is 0.0488. The SMILES string of the molecule is NCc1cc(Br)c(OCc2cccc([N+](=O)[O-])c2)c(Br)c1. The van der Waals surface area contributed by atoms with Crippen molar-refractivity contribution in [3.63, 3.8) is 0 Å². The summed E-state index contributed by atoms with van der Waals surface area (Å²) in [5.74, 6) is 0.638. The van der Waals surface area contributed by atoms with Crippen LogP contribution in [0.2, 0.25) is 0 Å². The second kappa shape index (κ2) is 7.02. The van der Waals surface area contributed by atoms with E-state index >= 15 is 0 Å². The van der Waals surface area contributed by atoms with Crippen LogP contribution in [0.3, 0.4) is 0 Å². The van der Waals surface area contributed by atoms with Gasteiger partial charge in [-0.25, -0.2) is 0 Å². The number of nitro benzene ring substituents is 1. The van der Waals surface area contributed by atoms with Gasteiger partial charge >= 0.3 is 0 Å². The van der Waals surface area contributed by atoms with E-state index in [2.05, 4.69) is 31.9 Å². The van der Waals surface area contributed by atoms with Crippen LogP contribution >= 0.6 is 31.9 Å². The molecule has 0 heterocycles. The van der Waals surface area contributed by atoms with Gasteiger partial charge < -0.3 is 10.5 Å². The molecule has 0 unspecified atom stereocenters. The first-order valence-electron chi connectivity index (χ1n) is 6.05. The Balaban J connectivity index is 2.17. The van der Waals surface area contributed by atoms with Gasteiger partial charge in [0.25, 0.3) is 5.69 Å². The van der Waals surface area contributed by atoms with Gasteiger partial charge in [-0.2, -0.15) is 0 Å². The van der Waals surface area contributed by atoms with E-state index in [0.717, 1.165) is 20.1 Å². The number of nitrogens with two attached hydrogens (primary N) is 1. The predicted molar refractivity (Wildman–Crippen MR) is 87.2 cm³/mol. The molecule has 0 aliphatic carbocycles. The number of ether oxygens (including phenoxy) is 1. The Kier molecular flexibility index (Phi) is 5.33. The number of hydrogen-bond acceptors (Lipinski definition) is 4. The average Bonchev–Trinajstić information content (AvgIpc) is 2.46. The van der Waals surface area contributed by atoms with Crippen LogP contribution < -0.4 is 10.5 Å². The molecular formula is C14H12Br2N2O3. The summed E-state index contributed by atoms with van der Waals surface area (Å²) in [5.41, 5.74) is 7.35. The van der Waals surface area contributed by atoms with E-state index in [1.54, 1.807) is 12.1 Å². The normalized spacial score (nSPS) is 10.4. The van der Waals surface area contributed by atoms with Crippen molar-refractivity contribution in [2.24, 2.45) is 5.73 Å². The van der Waals surface area contributed by atoms with Crippen LogP contribution in [0.4, 0.5) is 5.69 Å². The average molecular weight is 416 g/mol. The van der Waals surface area contributed by atoms with E-state index in [4.69, 9.17) is 10.5 Å². The van der Waals surface area contributed by atoms with Gasteiger partial charge in [-0.1, -0.05) is 12.1 Å². The van der Waals surface area contributed by atoms with Crippen molar-refractivity contribution in [2.45, 2.75) is 13.2 Å². The van der Waals surface area contributed by atoms with Crippen LogP contribution in [0.5, 0.6) is 5.75 Å². The number of halogens is 2. The van der Waals surface area contributed by atoms with Crippen LogP contribution in [0.25, 0.3) is 0 Å². The molecule has 0 fully saturated rings. The molecule has 0 aliphatic heterocycles. The zero-order chi connectivity index (χ0) is 15.4. The molecule has 21 heavy (non-hydrogen) atoms. The lowest BCUT2D eigenvalue weighted by Crippen LogP contribution is -2.00. The summed E-state index contributed by atoms with van der Waals surface area (Å²) in [6, 6.07) is 10.1. The standard InChI is InChI=1S/C14H12Br2N2O3/c15-12-5-10(7-17)6-13(16)14(12)21-8-9-2-1-3-11(4-9)18(19)20/h1-6H,7-8,17H2. The van der Waals surface area contributed by atoms with E-state index in [1.807, 2.05) is 12.1 Å². The van der Waals surface area contributed by atoms with Gasteiger partial charge in [-0.3, -0.25) is 10.1 Å². The highest BCUT2D eigenvalue weighted by Gasteiger charge is 2.10. The number of rotatable bonds is 5. The van der Waals surface area contributed by atoms with Crippen LogP contribution in [-0.2, 0) is 13.2 Å². The Morgan fingerprint density at radius 2 is 1.81 bits per heavy atom. The summed E-state index contributed by atoms with van der Waals surface area (Å²) in [4.78, 5) is 10.3. The smallest absolute Gasteiger partial charge is 0.269 e. The molecule has 0 aromatic heterocycles. The Labute approximate surface area is 138 Å². The number of benzene rings is 2. The molecule has 110 valence electrons. The molecule has 0 aliphatic rings. The van der Waals surface area contributed by atoms with Gasteiger partial charge in [0.05, 0.1) is 13.9 Å². The highest BCUT2D eigenvalue weighted by Crippen LogP contribution is 2.35. The molecule has 2 rings (SSSR count). The monoisotopic (exact) mass is 414 g/mol. The van der Waals surface area contributed by atoms with Gasteiger partial charge in [0, 0.05) is 18.7 Å². The van der Waals surface area contributed by atoms with Gasteiger partial charge in [-0.05, 0) is 55.1 Å². The zero-order valence-electron chi connectivity index (χ0n) is 10.9. The molecule has 7 heteroatoms. The molecular weight excluding hydrogens is 404 g/mol. The summed E-state index contributed by atoms with van der Waals surface area (Å²) in [6.45, 7) is 0.670. The maximum atomic E-state index is 10.7. The largest absolute Gasteiger partial charge is 0.487 e. The lowest BCUT2D eigenvalue weighted by molar-refractivity contribution is -0.384. The van der Waals surface area contributed by atoms with Crippen molar-refractivity contribution >= 4 is 37.5 Å². The Bertz CT molecular complexity index is 654. The van der Waals surface area contributed by atoms with Gasteiger partial charge in [-0.15, -0.1) is 0 Å². The number of nitro groups is 1. The zero-order valence-corrected chi connectivity index (χ0v) is 14.1. The van der Waals surface area contributed by atoms with E-state index in [1.165, 1.54) is 12.1 Å². The highest BCUT2D eigenvalue weighted by molar-refractivity contribution is 9.11. The predicted octanol–water partition coefficient (Wildman–Crippen LogP) is 4.16. The summed E-state index contributed by atoms with van der Waals surface area (Å²) < 4.78 is 7.29. The van der Waals surface area contributed by atoms with Crippen LogP contribution in [0.15, 0.2) is 45.3 Å². The Hall–Kier alpha value is -1.44. The fourth-order valence-electron chi connectivity index (χ4n) is 1.78. The van der Waals surface area contributed by atoms with Crippen LogP contribution in [0.1, 0.15) is 11.1 Å². The second-order valence-corrected chi connectivity index (χ2v) is 6.02. The molecule has 0 bridgehead atoms. The molecule has 0 radical (unpaired) electrons. The maximum absolute atomic E-state index is 10.7. The number of nitrogens with zero attached hydrogens (tertiary/aromatic N) is 1. The van der Waals surface area contributed by atoms with Gasteiger partial charge in [0.15, 0.2) is 0 Å². The van der Waals surface area contributed by atoms with Gasteiger partial charge in [0.2, 0.25) is 0 Å². The Morgan fingerprint density at radius 3 is 2.38 bits per heavy atom.